The van der Waals surface area contributed by atoms with Crippen LogP contribution in [-0.4, -0.2) is 80.6 Å². The third-order valence-electron chi connectivity index (χ3n) is 9.55. The zero-order valence-corrected chi connectivity index (χ0v) is 37.9. The number of carbonyl (C=O) groups is 3. The van der Waals surface area contributed by atoms with E-state index in [-0.39, 0.29) is 42.7 Å². The molecule has 2 unspecified atom stereocenters. The third-order valence-corrected chi connectivity index (χ3v) is 9.55. The Morgan fingerprint density at radius 1 is 0.525 bits per heavy atom. The average Bonchev–Trinajstić information content (AvgIpc) is 3.19. The third kappa shape index (κ3) is 39.5. The Bertz CT molecular complexity index is 1280. The van der Waals surface area contributed by atoms with Gasteiger partial charge in [0.05, 0.1) is 34.4 Å². The molecule has 0 bridgehead atoms. The second kappa shape index (κ2) is 41.0. The molecule has 0 aromatic rings. The van der Waals surface area contributed by atoms with E-state index in [1.165, 1.54) is 44.9 Å². The Labute approximate surface area is 360 Å². The van der Waals surface area contributed by atoms with E-state index in [0.717, 1.165) is 70.6 Å². The van der Waals surface area contributed by atoms with Gasteiger partial charge in [-0.15, -0.1) is 0 Å². The smallest absolute Gasteiger partial charge is 0.362 e. The van der Waals surface area contributed by atoms with Crippen molar-refractivity contribution in [2.45, 2.75) is 167 Å². The summed E-state index contributed by atoms with van der Waals surface area (Å²) in [5.41, 5.74) is 0. The van der Waals surface area contributed by atoms with E-state index in [1.54, 1.807) is 0 Å². The number of carboxylic acid groups (broad SMARTS) is 1. The molecule has 59 heavy (non-hydrogen) atoms. The van der Waals surface area contributed by atoms with Crippen molar-refractivity contribution in [1.29, 1.82) is 0 Å². The Morgan fingerprint density at radius 2 is 0.983 bits per heavy atom. The highest BCUT2D eigenvalue weighted by atomic mass is 16.6. The maximum absolute atomic E-state index is 12.7. The number of quaternary nitrogens is 1. The second-order valence-corrected chi connectivity index (χ2v) is 16.0. The van der Waals surface area contributed by atoms with Crippen molar-refractivity contribution < 1.29 is 38.2 Å². The minimum Gasteiger partial charge on any atom is -0.477 e. The number of carbonyl (C=O) groups excluding carboxylic acids is 2. The summed E-state index contributed by atoms with van der Waals surface area (Å²) >= 11 is 0. The van der Waals surface area contributed by atoms with Gasteiger partial charge in [0.1, 0.15) is 6.61 Å². The molecular weight excluding hydrogens is 739 g/mol. The van der Waals surface area contributed by atoms with Crippen LogP contribution in [0.15, 0.2) is 97.2 Å². The van der Waals surface area contributed by atoms with E-state index in [1.807, 2.05) is 27.2 Å². The number of aliphatic carboxylic acids is 1. The Hall–Kier alpha value is -3.75. The van der Waals surface area contributed by atoms with Crippen molar-refractivity contribution in [2.75, 3.05) is 41.0 Å². The lowest BCUT2D eigenvalue weighted by Crippen LogP contribution is -2.50. The first-order chi connectivity index (χ1) is 28.6. The van der Waals surface area contributed by atoms with Gasteiger partial charge >= 0.3 is 17.9 Å². The van der Waals surface area contributed by atoms with Gasteiger partial charge in [0.25, 0.3) is 0 Å². The predicted octanol–water partition coefficient (Wildman–Crippen LogP) is 12.7. The molecular formula is C51H84NO7+. The van der Waals surface area contributed by atoms with Crippen molar-refractivity contribution in [3.63, 3.8) is 0 Å². The molecule has 8 heteroatoms. The van der Waals surface area contributed by atoms with Crippen LogP contribution in [0.25, 0.3) is 0 Å². The number of rotatable bonds is 39. The van der Waals surface area contributed by atoms with Crippen LogP contribution in [0.4, 0.5) is 0 Å². The molecule has 0 spiro atoms. The maximum atomic E-state index is 12.7. The van der Waals surface area contributed by atoms with Gasteiger partial charge in [-0.3, -0.25) is 9.59 Å². The SMILES string of the molecule is CCCCC/C=C/C=C/C=C/C=C/CCCCCCCC(=O)OCC(COCCC(C(=O)O)[N+](C)(C)C)OC(=O)CCC/C=C/C/C=C/C/C=C/C/C=C/CCCCC. The molecule has 334 valence electrons. The van der Waals surface area contributed by atoms with Gasteiger partial charge in [-0.25, -0.2) is 4.79 Å². The van der Waals surface area contributed by atoms with E-state index in [4.69, 9.17) is 14.2 Å². The number of ether oxygens (including phenoxy) is 3. The zero-order chi connectivity index (χ0) is 43.5. The summed E-state index contributed by atoms with van der Waals surface area (Å²) in [6.07, 6.45) is 54.5. The van der Waals surface area contributed by atoms with Gasteiger partial charge in [0, 0.05) is 19.3 Å². The van der Waals surface area contributed by atoms with Crippen molar-refractivity contribution in [3.8, 4) is 0 Å². The van der Waals surface area contributed by atoms with Gasteiger partial charge in [0.15, 0.2) is 12.1 Å². The van der Waals surface area contributed by atoms with Gasteiger partial charge in [0.2, 0.25) is 0 Å². The minimum absolute atomic E-state index is 0.0250. The molecule has 0 amide bonds. The molecule has 1 N–H and O–H groups in total. The molecule has 0 aliphatic rings. The molecule has 0 saturated heterocycles. The van der Waals surface area contributed by atoms with Crippen LogP contribution in [-0.2, 0) is 28.6 Å². The summed E-state index contributed by atoms with van der Waals surface area (Å²) < 4.78 is 17.2. The van der Waals surface area contributed by atoms with Crippen molar-refractivity contribution >= 4 is 17.9 Å². The summed E-state index contributed by atoms with van der Waals surface area (Å²) in [6, 6.07) is -0.634. The van der Waals surface area contributed by atoms with E-state index in [2.05, 4.69) is 105 Å². The molecule has 0 saturated carbocycles. The van der Waals surface area contributed by atoms with E-state index in [0.29, 0.717) is 19.3 Å². The lowest BCUT2D eigenvalue weighted by Gasteiger charge is -2.31. The maximum Gasteiger partial charge on any atom is 0.362 e. The highest BCUT2D eigenvalue weighted by molar-refractivity contribution is 5.72. The molecule has 0 fully saturated rings. The Morgan fingerprint density at radius 3 is 1.53 bits per heavy atom. The fourth-order valence-corrected chi connectivity index (χ4v) is 5.98. The van der Waals surface area contributed by atoms with E-state index < -0.39 is 18.1 Å². The first-order valence-electron chi connectivity index (χ1n) is 22.8. The normalized spacial score (nSPS) is 13.8. The summed E-state index contributed by atoms with van der Waals surface area (Å²) in [5.74, 6) is -1.58. The number of nitrogens with zero attached hydrogens (tertiary/aromatic N) is 1. The van der Waals surface area contributed by atoms with Gasteiger partial charge in [-0.05, 0) is 77.0 Å². The van der Waals surface area contributed by atoms with Crippen LogP contribution in [0.5, 0.6) is 0 Å². The quantitative estimate of drug-likeness (QED) is 0.0217. The number of likely N-dealkylation sites (N-methyl/N-ethyl adjacent to an activating group) is 1. The van der Waals surface area contributed by atoms with E-state index >= 15 is 0 Å². The fraction of sp³-hybridized carbons (Fsp3) is 0.627. The Balaban J connectivity index is 4.50. The first kappa shape index (κ1) is 55.2. The largest absolute Gasteiger partial charge is 0.477 e. The number of allylic oxidation sites excluding steroid dienone is 16. The van der Waals surface area contributed by atoms with Gasteiger partial charge < -0.3 is 23.8 Å². The predicted molar refractivity (Wildman–Crippen MR) is 247 cm³/mol. The van der Waals surface area contributed by atoms with E-state index in [9.17, 15) is 19.5 Å². The van der Waals surface area contributed by atoms with Crippen LogP contribution in [0, 0.1) is 0 Å². The lowest BCUT2D eigenvalue weighted by molar-refractivity contribution is -0.887. The summed E-state index contributed by atoms with van der Waals surface area (Å²) in [7, 11) is 5.49. The highest BCUT2D eigenvalue weighted by Gasteiger charge is 2.31. The summed E-state index contributed by atoms with van der Waals surface area (Å²) in [4.78, 5) is 37.0. The Kier molecular flexibility index (Phi) is 38.4. The lowest BCUT2D eigenvalue weighted by atomic mass is 10.1. The minimum atomic E-state index is -0.892. The van der Waals surface area contributed by atoms with Crippen LogP contribution in [0.1, 0.15) is 155 Å². The molecule has 0 radical (unpaired) electrons. The molecule has 0 rings (SSSR count). The number of hydrogen-bond donors (Lipinski definition) is 1. The number of esters is 2. The second-order valence-electron chi connectivity index (χ2n) is 16.0. The highest BCUT2D eigenvalue weighted by Crippen LogP contribution is 2.12. The number of hydrogen-bond acceptors (Lipinski definition) is 6. The average molecular weight is 823 g/mol. The zero-order valence-electron chi connectivity index (χ0n) is 37.9. The van der Waals surface area contributed by atoms with Crippen LogP contribution >= 0.6 is 0 Å². The van der Waals surface area contributed by atoms with Crippen LogP contribution in [0.2, 0.25) is 0 Å². The molecule has 0 aliphatic carbocycles. The van der Waals surface area contributed by atoms with Gasteiger partial charge in [-0.2, -0.15) is 0 Å². The summed E-state index contributed by atoms with van der Waals surface area (Å²) in [6.45, 7) is 4.56. The van der Waals surface area contributed by atoms with Crippen molar-refractivity contribution in [2.24, 2.45) is 0 Å². The van der Waals surface area contributed by atoms with Crippen LogP contribution < -0.4 is 0 Å². The molecule has 0 aromatic carbocycles. The molecule has 0 aromatic heterocycles. The fourth-order valence-electron chi connectivity index (χ4n) is 5.98. The molecule has 0 heterocycles. The van der Waals surface area contributed by atoms with Crippen molar-refractivity contribution in [3.05, 3.63) is 97.2 Å². The van der Waals surface area contributed by atoms with Gasteiger partial charge in [-0.1, -0.05) is 156 Å². The molecule has 0 aliphatic heterocycles. The first-order valence-corrected chi connectivity index (χ1v) is 22.8. The standard InChI is InChI=1S/C51H83NO7/c1-6-8-10-12-14-16-18-20-22-24-26-27-29-31-33-35-37-39-41-49(53)58-46-47(45-57-44-43-48(51(55)56)52(3,4)5)59-50(54)42-40-38-36-34-32-30-28-25-23-21-19-17-15-13-11-9-7-2/h14-18,20-24,26-28,30,34,36,47-48H,6-13,19,25,29,31-33,35,37-46H2,1-5H3/p+1/b16-14+,17-15+,20-18+,23-21+,24-22+,27-26+,30-28+,36-34+. The molecule has 2 atom stereocenters. The monoisotopic (exact) mass is 823 g/mol. The summed E-state index contributed by atoms with van der Waals surface area (Å²) in [5, 5.41) is 9.63. The van der Waals surface area contributed by atoms with Crippen LogP contribution in [0.3, 0.4) is 0 Å². The topological polar surface area (TPSA) is 99.1 Å². The molecule has 8 nitrogen and oxygen atoms in total. The number of unbranched alkanes of at least 4 members (excludes halogenated alkanes) is 12. The number of carboxylic acids is 1. The van der Waals surface area contributed by atoms with Crippen molar-refractivity contribution in [1.82, 2.24) is 0 Å².